The fourth-order valence-electron chi connectivity index (χ4n) is 6.70. The average Bonchev–Trinajstić information content (AvgIpc) is 3.82. The van der Waals surface area contributed by atoms with Crippen molar-refractivity contribution in [1.82, 2.24) is 41.3 Å². The Kier molecular flexibility index (Phi) is 14.3. The van der Waals surface area contributed by atoms with Crippen molar-refractivity contribution in [2.45, 2.75) is 75.9 Å². The zero-order chi connectivity index (χ0) is 38.8. The van der Waals surface area contributed by atoms with Gasteiger partial charge in [-0.15, -0.1) is 0 Å². The van der Waals surface area contributed by atoms with E-state index in [1.54, 1.807) is 9.80 Å². The molecule has 4 aliphatic rings. The molecule has 0 bridgehead atoms. The third kappa shape index (κ3) is 11.2. The Morgan fingerprint density at radius 3 is 2.24 bits per heavy atom. The summed E-state index contributed by atoms with van der Waals surface area (Å²) in [7, 11) is 0. The largest absolute Gasteiger partial charge is 0.352 e. The maximum atomic E-state index is 13.5. The molecule has 0 unspecified atom stereocenters. The van der Waals surface area contributed by atoms with Crippen LogP contribution < -0.4 is 31.9 Å². The highest BCUT2D eigenvalue weighted by Crippen LogP contribution is 2.33. The summed E-state index contributed by atoms with van der Waals surface area (Å²) in [6.07, 6.45) is 5.34. The lowest BCUT2D eigenvalue weighted by molar-refractivity contribution is -0.141. The van der Waals surface area contributed by atoms with Gasteiger partial charge in [-0.3, -0.25) is 33.7 Å². The van der Waals surface area contributed by atoms with Crippen LogP contribution in [0.25, 0.3) is 0 Å². The molecule has 4 atom stereocenters. The number of carbonyl (C=O) groups excluding carboxylic acids is 7. The van der Waals surface area contributed by atoms with E-state index in [1.807, 2.05) is 49.9 Å². The molecule has 0 aromatic heterocycles. The second-order valence-corrected chi connectivity index (χ2v) is 15.7. The van der Waals surface area contributed by atoms with Gasteiger partial charge in [-0.2, -0.15) is 11.8 Å². The first-order chi connectivity index (χ1) is 25.9. The maximum Gasteiger partial charge on any atom is 0.315 e. The SMILES string of the molecule is CC(C)[C@@H](NC(=S)Nc1ccc(CNC(=O)CCCC[C@@H]2SC[C@@H]3NC(=O)N[C@@H]32)cc1)C(=O)N1CCN(C(=O)CNC(=O)CCN2C(=O)C=CC2=O)CC1. The van der Waals surface area contributed by atoms with Gasteiger partial charge in [0.05, 0.1) is 18.6 Å². The molecule has 18 heteroatoms. The zero-order valence-electron chi connectivity index (χ0n) is 30.6. The monoisotopic (exact) mass is 783 g/mol. The molecule has 0 spiro atoms. The summed E-state index contributed by atoms with van der Waals surface area (Å²) in [4.78, 5) is 90.0. The second kappa shape index (κ2) is 19.1. The van der Waals surface area contributed by atoms with Crippen LogP contribution in [-0.2, 0) is 35.3 Å². The Morgan fingerprint density at radius 2 is 1.56 bits per heavy atom. The summed E-state index contributed by atoms with van der Waals surface area (Å²) in [5.74, 6) is -0.955. The van der Waals surface area contributed by atoms with Crippen LogP contribution in [0, 0.1) is 5.92 Å². The Balaban J connectivity index is 0.958. The van der Waals surface area contributed by atoms with E-state index in [0.717, 1.165) is 53.3 Å². The number of fused-ring (bicyclic) bond motifs is 1. The van der Waals surface area contributed by atoms with Gasteiger partial charge in [0.15, 0.2) is 5.11 Å². The van der Waals surface area contributed by atoms with Crippen LogP contribution in [0.15, 0.2) is 36.4 Å². The number of hydrogen-bond donors (Lipinski definition) is 6. The van der Waals surface area contributed by atoms with E-state index in [1.165, 1.54) is 0 Å². The van der Waals surface area contributed by atoms with E-state index in [0.29, 0.717) is 49.5 Å². The molecule has 292 valence electrons. The van der Waals surface area contributed by atoms with Gasteiger partial charge >= 0.3 is 6.03 Å². The van der Waals surface area contributed by atoms with Crippen LogP contribution in [0.4, 0.5) is 10.5 Å². The molecule has 0 radical (unpaired) electrons. The number of benzene rings is 1. The van der Waals surface area contributed by atoms with Gasteiger partial charge in [0.2, 0.25) is 23.6 Å². The van der Waals surface area contributed by atoms with E-state index in [2.05, 4.69) is 31.9 Å². The number of rotatable bonds is 16. The smallest absolute Gasteiger partial charge is 0.315 e. The minimum atomic E-state index is -0.597. The number of thioether (sulfide) groups is 1. The standard InChI is InChI=1S/C36H49N9O7S2/c1-22(2)32(34(51)44-17-15-43(16-18-44)31(50)20-38-28(47)13-14-45-29(48)11-12-30(45)49)42-36(53)39-24-9-7-23(8-10-24)19-37-27(46)6-4-3-5-26-33-25(21-54-26)40-35(52)41-33/h7-12,22,25-26,32-33H,3-6,13-21H2,1-2H3,(H,37,46)(H,38,47)(H2,39,42,53)(H2,40,41,52)/t25-,26-,32+,33-/m0/s1. The molecule has 1 aromatic rings. The Morgan fingerprint density at radius 1 is 0.889 bits per heavy atom. The second-order valence-electron chi connectivity index (χ2n) is 14.1. The van der Waals surface area contributed by atoms with Gasteiger partial charge in [0, 0.05) is 81.0 Å². The fraction of sp³-hybridized carbons (Fsp3) is 0.556. The molecule has 6 N–H and O–H groups in total. The minimum absolute atomic E-state index is 0.000837. The van der Waals surface area contributed by atoms with Crippen molar-refractivity contribution < 1.29 is 33.6 Å². The lowest BCUT2D eigenvalue weighted by Gasteiger charge is -2.37. The van der Waals surface area contributed by atoms with Crippen LogP contribution in [0.2, 0.25) is 0 Å². The third-order valence-electron chi connectivity index (χ3n) is 9.85. The van der Waals surface area contributed by atoms with Gasteiger partial charge in [0.1, 0.15) is 6.04 Å². The molecule has 3 saturated heterocycles. The molecule has 4 aliphatic heterocycles. The van der Waals surface area contributed by atoms with E-state index < -0.39 is 23.8 Å². The highest BCUT2D eigenvalue weighted by atomic mass is 32.2. The topological polar surface area (TPSA) is 201 Å². The van der Waals surface area contributed by atoms with Crippen molar-refractivity contribution in [3.63, 3.8) is 0 Å². The summed E-state index contributed by atoms with van der Waals surface area (Å²) in [5, 5.41) is 18.4. The Bertz CT molecular complexity index is 1610. The van der Waals surface area contributed by atoms with Crippen molar-refractivity contribution in [1.29, 1.82) is 0 Å². The summed E-state index contributed by atoms with van der Waals surface area (Å²) in [6, 6.07) is 7.23. The predicted octanol–water partition coefficient (Wildman–Crippen LogP) is 0.442. The Hall–Kier alpha value is -4.71. The highest BCUT2D eigenvalue weighted by molar-refractivity contribution is 8.00. The van der Waals surface area contributed by atoms with Crippen molar-refractivity contribution in [2.75, 3.05) is 50.3 Å². The van der Waals surface area contributed by atoms with E-state index in [-0.39, 0.29) is 61.3 Å². The van der Waals surface area contributed by atoms with Crippen LogP contribution >= 0.6 is 24.0 Å². The van der Waals surface area contributed by atoms with E-state index in [4.69, 9.17) is 12.2 Å². The number of carbonyl (C=O) groups is 7. The third-order valence-corrected chi connectivity index (χ3v) is 11.6. The first kappa shape index (κ1) is 40.5. The van der Waals surface area contributed by atoms with Crippen molar-refractivity contribution in [3.05, 3.63) is 42.0 Å². The molecular weight excluding hydrogens is 735 g/mol. The lowest BCUT2D eigenvalue weighted by atomic mass is 10.0. The van der Waals surface area contributed by atoms with Crippen molar-refractivity contribution >= 4 is 76.3 Å². The molecule has 1 aromatic carbocycles. The maximum absolute atomic E-state index is 13.5. The predicted molar refractivity (Wildman–Crippen MR) is 207 cm³/mol. The molecule has 3 fully saturated rings. The average molecular weight is 784 g/mol. The van der Waals surface area contributed by atoms with Crippen molar-refractivity contribution in [2.24, 2.45) is 5.92 Å². The normalized spacial score (nSPS) is 21.1. The summed E-state index contributed by atoms with van der Waals surface area (Å²) in [6.45, 7) is 5.24. The van der Waals surface area contributed by atoms with Gasteiger partial charge in [-0.05, 0) is 48.7 Å². The number of amides is 8. The summed E-state index contributed by atoms with van der Waals surface area (Å²) >= 11 is 7.43. The first-order valence-electron chi connectivity index (χ1n) is 18.4. The molecule has 4 heterocycles. The molecule has 0 saturated carbocycles. The quantitative estimate of drug-likeness (QED) is 0.0589. The summed E-state index contributed by atoms with van der Waals surface area (Å²) in [5.41, 5.74) is 1.67. The van der Waals surface area contributed by atoms with Gasteiger partial charge < -0.3 is 41.7 Å². The molecule has 8 amide bonds. The van der Waals surface area contributed by atoms with Crippen LogP contribution in [0.3, 0.4) is 0 Å². The number of nitrogens with one attached hydrogen (secondary N) is 6. The zero-order valence-corrected chi connectivity index (χ0v) is 32.2. The number of unbranched alkanes of at least 4 members (excludes halogenated alkanes) is 1. The number of urea groups is 1. The number of nitrogens with zero attached hydrogens (tertiary/aromatic N) is 3. The Labute approximate surface area is 324 Å². The van der Waals surface area contributed by atoms with Crippen molar-refractivity contribution in [3.8, 4) is 0 Å². The minimum Gasteiger partial charge on any atom is -0.352 e. The molecule has 16 nitrogen and oxygen atoms in total. The van der Waals surface area contributed by atoms with Crippen LogP contribution in [0.1, 0.15) is 51.5 Å². The van der Waals surface area contributed by atoms with Crippen LogP contribution in [0.5, 0.6) is 0 Å². The summed E-state index contributed by atoms with van der Waals surface area (Å²) < 4.78 is 0. The first-order valence-corrected chi connectivity index (χ1v) is 19.8. The van der Waals surface area contributed by atoms with E-state index >= 15 is 0 Å². The number of anilines is 1. The molecule has 5 rings (SSSR count). The highest BCUT2D eigenvalue weighted by Gasteiger charge is 2.42. The van der Waals surface area contributed by atoms with Gasteiger partial charge in [-0.25, -0.2) is 4.79 Å². The molecule has 0 aliphatic carbocycles. The van der Waals surface area contributed by atoms with Crippen LogP contribution in [-0.4, -0.2) is 130 Å². The van der Waals surface area contributed by atoms with E-state index in [9.17, 15) is 33.6 Å². The molecular formula is C36H49N9O7S2. The molecule has 54 heavy (non-hydrogen) atoms. The van der Waals surface area contributed by atoms with Gasteiger partial charge in [-0.1, -0.05) is 32.4 Å². The number of imide groups is 1. The van der Waals surface area contributed by atoms with Gasteiger partial charge in [0.25, 0.3) is 11.8 Å². The number of piperazine rings is 1. The fourth-order valence-corrected chi connectivity index (χ4v) is 8.49. The number of thiocarbonyl (C=S) groups is 1. The lowest BCUT2D eigenvalue weighted by Crippen LogP contribution is -2.58. The number of hydrogen-bond acceptors (Lipinski definition) is 9.